The van der Waals surface area contributed by atoms with Gasteiger partial charge in [-0.1, -0.05) is 17.7 Å². The van der Waals surface area contributed by atoms with Crippen molar-refractivity contribution in [3.63, 3.8) is 0 Å². The SMILES string of the molecule is COc1ccc(C=CC(=O)NC(=S)NNC(=O)COc2ccc(Cl)cc2Br)cc1OC. The van der Waals surface area contributed by atoms with E-state index in [0.717, 1.165) is 5.56 Å². The Balaban J connectivity index is 1.76. The number of halogens is 2. The molecule has 0 atom stereocenters. The molecular weight excluding hydrogens is 510 g/mol. The van der Waals surface area contributed by atoms with E-state index in [4.69, 9.17) is 38.0 Å². The van der Waals surface area contributed by atoms with Crippen LogP contribution in [0.4, 0.5) is 0 Å². The highest BCUT2D eigenvalue weighted by molar-refractivity contribution is 9.10. The Labute approximate surface area is 198 Å². The second-order valence-corrected chi connectivity index (χ2v) is 7.50. The zero-order valence-corrected chi connectivity index (χ0v) is 19.7. The van der Waals surface area contributed by atoms with Crippen LogP contribution in [0.15, 0.2) is 46.9 Å². The predicted octanol–water partition coefficient (Wildman–Crippen LogP) is 3.23. The van der Waals surface area contributed by atoms with Gasteiger partial charge in [-0.25, -0.2) is 0 Å². The first-order valence-electron chi connectivity index (χ1n) is 8.70. The lowest BCUT2D eigenvalue weighted by molar-refractivity contribution is -0.123. The van der Waals surface area contributed by atoms with Crippen molar-refractivity contribution in [2.75, 3.05) is 20.8 Å². The molecular formula is C20H19BrClN3O5S. The van der Waals surface area contributed by atoms with Crippen LogP contribution in [0.2, 0.25) is 5.02 Å². The second kappa shape index (κ2) is 12.1. The molecule has 8 nitrogen and oxygen atoms in total. The van der Waals surface area contributed by atoms with Gasteiger partial charge in [-0.2, -0.15) is 0 Å². The molecule has 0 unspecified atom stereocenters. The summed E-state index contributed by atoms with van der Waals surface area (Å²) in [6.07, 6.45) is 2.87. The molecule has 0 saturated heterocycles. The molecule has 0 spiro atoms. The molecule has 0 aliphatic rings. The number of methoxy groups -OCH3 is 2. The highest BCUT2D eigenvalue weighted by Crippen LogP contribution is 2.28. The highest BCUT2D eigenvalue weighted by Gasteiger charge is 2.08. The molecule has 0 heterocycles. The first kappa shape index (κ1) is 24.4. The average Bonchev–Trinajstić information content (AvgIpc) is 2.75. The lowest BCUT2D eigenvalue weighted by Gasteiger charge is -2.11. The Bertz CT molecular complexity index is 1000. The molecule has 31 heavy (non-hydrogen) atoms. The van der Waals surface area contributed by atoms with Crippen LogP contribution in [0.1, 0.15) is 5.56 Å². The van der Waals surface area contributed by atoms with E-state index in [1.54, 1.807) is 42.5 Å². The molecule has 0 bridgehead atoms. The van der Waals surface area contributed by atoms with Gasteiger partial charge in [-0.05, 0) is 70.1 Å². The van der Waals surface area contributed by atoms with Gasteiger partial charge in [0.2, 0.25) is 5.91 Å². The van der Waals surface area contributed by atoms with Gasteiger partial charge in [0, 0.05) is 11.1 Å². The normalized spacial score (nSPS) is 10.3. The van der Waals surface area contributed by atoms with E-state index in [1.807, 2.05) is 0 Å². The monoisotopic (exact) mass is 527 g/mol. The summed E-state index contributed by atoms with van der Waals surface area (Å²) in [6.45, 7) is -0.275. The van der Waals surface area contributed by atoms with Crippen molar-refractivity contribution in [3.05, 3.63) is 57.5 Å². The summed E-state index contributed by atoms with van der Waals surface area (Å²) in [4.78, 5) is 23.8. The van der Waals surface area contributed by atoms with Gasteiger partial charge in [-0.15, -0.1) is 0 Å². The summed E-state index contributed by atoms with van der Waals surface area (Å²) in [6, 6.07) is 10.1. The van der Waals surface area contributed by atoms with E-state index in [0.29, 0.717) is 26.7 Å². The fraction of sp³-hybridized carbons (Fsp3) is 0.150. The number of benzene rings is 2. The van der Waals surface area contributed by atoms with E-state index < -0.39 is 11.8 Å². The minimum atomic E-state index is -0.501. The van der Waals surface area contributed by atoms with Crippen LogP contribution in [0.25, 0.3) is 6.08 Å². The number of ether oxygens (including phenoxy) is 3. The molecule has 2 aromatic rings. The third-order valence-electron chi connectivity index (χ3n) is 3.64. The topological polar surface area (TPSA) is 97.9 Å². The van der Waals surface area contributed by atoms with Crippen LogP contribution < -0.4 is 30.4 Å². The van der Waals surface area contributed by atoms with Crippen molar-refractivity contribution in [2.24, 2.45) is 0 Å². The summed E-state index contributed by atoms with van der Waals surface area (Å²) >= 11 is 14.1. The first-order valence-corrected chi connectivity index (χ1v) is 10.3. The number of carbonyl (C=O) groups is 2. The summed E-state index contributed by atoms with van der Waals surface area (Å²) in [5, 5.41) is 2.86. The van der Waals surface area contributed by atoms with Gasteiger partial charge in [-0.3, -0.25) is 25.8 Å². The predicted molar refractivity (Wildman–Crippen MR) is 125 cm³/mol. The minimum absolute atomic E-state index is 0.0806. The third kappa shape index (κ3) is 8.08. The van der Waals surface area contributed by atoms with E-state index in [1.165, 1.54) is 20.3 Å². The van der Waals surface area contributed by atoms with Crippen LogP contribution in [0.5, 0.6) is 17.2 Å². The Morgan fingerprint density at radius 3 is 2.45 bits per heavy atom. The van der Waals surface area contributed by atoms with Crippen LogP contribution in [-0.2, 0) is 9.59 Å². The molecule has 0 radical (unpaired) electrons. The fourth-order valence-electron chi connectivity index (χ4n) is 2.21. The van der Waals surface area contributed by atoms with Crippen molar-refractivity contribution in [1.29, 1.82) is 0 Å². The van der Waals surface area contributed by atoms with Gasteiger partial charge in [0.05, 0.1) is 18.7 Å². The second-order valence-electron chi connectivity index (χ2n) is 5.80. The first-order chi connectivity index (χ1) is 14.8. The lowest BCUT2D eigenvalue weighted by Crippen LogP contribution is -2.49. The molecule has 0 fully saturated rings. The molecule has 11 heteroatoms. The highest BCUT2D eigenvalue weighted by atomic mass is 79.9. The Kier molecular flexibility index (Phi) is 9.57. The third-order valence-corrected chi connectivity index (χ3v) is 4.70. The van der Waals surface area contributed by atoms with Crippen molar-refractivity contribution in [1.82, 2.24) is 16.2 Å². The Hall–Kier alpha value is -2.82. The number of nitrogens with one attached hydrogen (secondary N) is 3. The van der Waals surface area contributed by atoms with Crippen molar-refractivity contribution in [3.8, 4) is 17.2 Å². The molecule has 164 valence electrons. The zero-order chi connectivity index (χ0) is 22.8. The number of hydrazine groups is 1. The fourth-order valence-corrected chi connectivity index (χ4v) is 3.16. The van der Waals surface area contributed by atoms with E-state index in [9.17, 15) is 9.59 Å². The van der Waals surface area contributed by atoms with Gasteiger partial charge < -0.3 is 14.2 Å². The molecule has 0 aliphatic heterocycles. The number of carbonyl (C=O) groups excluding carboxylic acids is 2. The quantitative estimate of drug-likeness (QED) is 0.288. The van der Waals surface area contributed by atoms with Gasteiger partial charge in [0.15, 0.2) is 23.2 Å². The summed E-state index contributed by atoms with van der Waals surface area (Å²) in [5.74, 6) is 0.591. The smallest absolute Gasteiger partial charge is 0.276 e. The van der Waals surface area contributed by atoms with Crippen LogP contribution >= 0.6 is 39.7 Å². The maximum absolute atomic E-state index is 12.0. The van der Waals surface area contributed by atoms with Gasteiger partial charge >= 0.3 is 0 Å². The molecule has 0 aromatic heterocycles. The molecule has 0 saturated carbocycles. The molecule has 2 rings (SSSR count). The number of amides is 2. The molecule has 2 amide bonds. The number of rotatable bonds is 7. The maximum Gasteiger partial charge on any atom is 0.276 e. The summed E-state index contributed by atoms with van der Waals surface area (Å²) in [5.41, 5.74) is 5.47. The molecule has 0 aliphatic carbocycles. The minimum Gasteiger partial charge on any atom is -0.493 e. The number of hydrogen-bond donors (Lipinski definition) is 3. The standard InChI is InChI=1S/C20H19BrClN3O5S/c1-28-16-6-3-12(9-17(16)29-2)4-8-18(26)23-20(31)25-24-19(27)11-30-15-7-5-13(22)10-14(15)21/h3-10H,11H2,1-2H3,(H,24,27)(H2,23,25,26,31). The maximum atomic E-state index is 12.0. The van der Waals surface area contributed by atoms with Crippen LogP contribution in [0.3, 0.4) is 0 Å². The van der Waals surface area contributed by atoms with Gasteiger partial charge in [0.25, 0.3) is 5.91 Å². The van der Waals surface area contributed by atoms with Crippen LogP contribution in [-0.4, -0.2) is 37.8 Å². The summed E-state index contributed by atoms with van der Waals surface area (Å²) < 4.78 is 16.4. The zero-order valence-electron chi connectivity index (χ0n) is 16.5. The number of hydrogen-bond acceptors (Lipinski definition) is 6. The summed E-state index contributed by atoms with van der Waals surface area (Å²) in [7, 11) is 3.06. The van der Waals surface area contributed by atoms with Crippen molar-refractivity contribution in [2.45, 2.75) is 0 Å². The van der Waals surface area contributed by atoms with Gasteiger partial charge in [0.1, 0.15) is 5.75 Å². The Morgan fingerprint density at radius 1 is 1.06 bits per heavy atom. The Morgan fingerprint density at radius 2 is 1.77 bits per heavy atom. The molecule has 3 N–H and O–H groups in total. The van der Waals surface area contributed by atoms with Crippen molar-refractivity contribution < 1.29 is 23.8 Å². The lowest BCUT2D eigenvalue weighted by atomic mass is 10.2. The van der Waals surface area contributed by atoms with E-state index in [-0.39, 0.29) is 11.7 Å². The van der Waals surface area contributed by atoms with E-state index >= 15 is 0 Å². The molecule has 2 aromatic carbocycles. The number of thiocarbonyl (C=S) groups is 1. The van der Waals surface area contributed by atoms with Crippen molar-refractivity contribution >= 4 is 62.8 Å². The van der Waals surface area contributed by atoms with Crippen LogP contribution in [0, 0.1) is 0 Å². The largest absolute Gasteiger partial charge is 0.493 e. The van der Waals surface area contributed by atoms with E-state index in [2.05, 4.69) is 32.1 Å². The average molecular weight is 529 g/mol.